The summed E-state index contributed by atoms with van der Waals surface area (Å²) in [6.07, 6.45) is 7.10. The molecule has 0 aliphatic carbocycles. The molecule has 0 bridgehead atoms. The Morgan fingerprint density at radius 1 is 1.44 bits per heavy atom. The molecule has 6 heteroatoms. The minimum Gasteiger partial charge on any atom is -0.388 e. The monoisotopic (exact) mass is 358 g/mol. The van der Waals surface area contributed by atoms with Crippen LogP contribution in [-0.2, 0) is 4.79 Å². The molecule has 0 radical (unpaired) electrons. The number of rotatable bonds is 5. The van der Waals surface area contributed by atoms with Gasteiger partial charge in [-0.3, -0.25) is 4.79 Å². The number of imidazole rings is 1. The summed E-state index contributed by atoms with van der Waals surface area (Å²) in [6.45, 7) is 2.80. The third kappa shape index (κ3) is 3.84. The van der Waals surface area contributed by atoms with Crippen LogP contribution in [0.4, 0.5) is 5.69 Å². The quantitative estimate of drug-likeness (QED) is 0.850. The predicted octanol–water partition coefficient (Wildman–Crippen LogP) is 3.92. The first-order valence-corrected chi connectivity index (χ1v) is 10.1. The number of aromatic nitrogens is 2. The summed E-state index contributed by atoms with van der Waals surface area (Å²) in [4.78, 5) is 22.9. The number of nitrogens with one attached hydrogen (secondary N) is 2. The topological polar surface area (TPSA) is 61.0 Å². The van der Waals surface area contributed by atoms with Gasteiger partial charge in [0, 0.05) is 31.0 Å². The molecule has 134 valence electrons. The van der Waals surface area contributed by atoms with Crippen LogP contribution >= 0.6 is 11.8 Å². The number of aromatic amines is 1. The van der Waals surface area contributed by atoms with Crippen molar-refractivity contribution in [2.75, 3.05) is 25.2 Å². The molecule has 5 nitrogen and oxygen atoms in total. The highest BCUT2D eigenvalue weighted by Crippen LogP contribution is 2.32. The molecule has 2 unspecified atom stereocenters. The number of H-pyrrole nitrogens is 1. The zero-order valence-electron chi connectivity index (χ0n) is 15.1. The van der Waals surface area contributed by atoms with Crippen LogP contribution in [0.15, 0.2) is 30.5 Å². The first-order valence-electron chi connectivity index (χ1n) is 8.80. The van der Waals surface area contributed by atoms with Crippen LogP contribution in [0.3, 0.4) is 0 Å². The van der Waals surface area contributed by atoms with E-state index in [4.69, 9.17) is 4.98 Å². The van der Waals surface area contributed by atoms with Crippen molar-refractivity contribution >= 4 is 23.4 Å². The number of carbonyl (C=O) groups excluding carboxylic acids is 1. The van der Waals surface area contributed by atoms with Gasteiger partial charge >= 0.3 is 0 Å². The molecular formula is C19H26N4OS. The van der Waals surface area contributed by atoms with E-state index in [1.165, 1.54) is 0 Å². The van der Waals surface area contributed by atoms with Crippen LogP contribution < -0.4 is 5.32 Å². The first kappa shape index (κ1) is 17.9. The van der Waals surface area contributed by atoms with Gasteiger partial charge in [-0.05, 0) is 44.6 Å². The summed E-state index contributed by atoms with van der Waals surface area (Å²) in [5, 5.41) is 3.14. The predicted molar refractivity (Wildman–Crippen MR) is 105 cm³/mol. The Kier molecular flexibility index (Phi) is 5.68. The Labute approximate surface area is 153 Å². The highest BCUT2D eigenvalue weighted by molar-refractivity contribution is 7.99. The summed E-state index contributed by atoms with van der Waals surface area (Å²) in [6, 6.07) is 8.24. The van der Waals surface area contributed by atoms with Gasteiger partial charge in [-0.15, -0.1) is 0 Å². The normalized spacial score (nSPS) is 18.8. The first-order chi connectivity index (χ1) is 12.1. The number of hydrogen-bond donors (Lipinski definition) is 2. The molecule has 1 amide bonds. The van der Waals surface area contributed by atoms with Gasteiger partial charge in [0.05, 0.1) is 17.0 Å². The maximum absolute atomic E-state index is 12.7. The largest absolute Gasteiger partial charge is 0.388 e. The van der Waals surface area contributed by atoms with Crippen molar-refractivity contribution < 1.29 is 4.79 Å². The van der Waals surface area contributed by atoms with Gasteiger partial charge in [0.1, 0.15) is 5.82 Å². The molecule has 25 heavy (non-hydrogen) atoms. The number of nitrogens with zero attached hydrogens (tertiary/aromatic N) is 2. The molecule has 0 spiro atoms. The lowest BCUT2D eigenvalue weighted by atomic mass is 10.0. The number of benzene rings is 1. The van der Waals surface area contributed by atoms with E-state index >= 15 is 0 Å². The van der Waals surface area contributed by atoms with Crippen LogP contribution in [0.5, 0.6) is 0 Å². The van der Waals surface area contributed by atoms with Gasteiger partial charge in [0.15, 0.2) is 0 Å². The van der Waals surface area contributed by atoms with E-state index in [-0.39, 0.29) is 17.2 Å². The molecular weight excluding hydrogens is 332 g/mol. The number of amides is 1. The molecule has 2 aromatic rings. The van der Waals surface area contributed by atoms with Gasteiger partial charge < -0.3 is 15.2 Å². The maximum atomic E-state index is 12.7. The molecule has 1 aromatic carbocycles. The van der Waals surface area contributed by atoms with Gasteiger partial charge in [0.25, 0.3) is 0 Å². The highest BCUT2D eigenvalue weighted by Gasteiger charge is 2.32. The van der Waals surface area contributed by atoms with Crippen molar-refractivity contribution in [3.8, 4) is 11.3 Å². The fourth-order valence-electron chi connectivity index (χ4n) is 3.30. The SMILES string of the molecule is CNc1cccc(-c2c[nH]c(C3CCCCN3C(=O)C(C)SC)n2)c1. The number of hydrogen-bond acceptors (Lipinski definition) is 4. The molecule has 2 N–H and O–H groups in total. The summed E-state index contributed by atoms with van der Waals surface area (Å²) in [5.74, 6) is 1.11. The third-order valence-corrected chi connectivity index (χ3v) is 5.76. The fraction of sp³-hybridized carbons (Fsp3) is 0.474. The van der Waals surface area contributed by atoms with E-state index in [9.17, 15) is 4.79 Å². The van der Waals surface area contributed by atoms with Crippen LogP contribution in [0, 0.1) is 0 Å². The summed E-state index contributed by atoms with van der Waals surface area (Å²) in [5.41, 5.74) is 3.05. The second-order valence-electron chi connectivity index (χ2n) is 6.42. The zero-order valence-corrected chi connectivity index (χ0v) is 15.9. The maximum Gasteiger partial charge on any atom is 0.236 e. The van der Waals surface area contributed by atoms with Crippen LogP contribution in [0.1, 0.15) is 38.1 Å². The molecule has 2 atom stereocenters. The lowest BCUT2D eigenvalue weighted by Gasteiger charge is -2.36. The number of anilines is 1. The molecule has 0 saturated carbocycles. The number of carbonyl (C=O) groups is 1. The Balaban J connectivity index is 1.85. The molecule has 3 rings (SSSR count). The highest BCUT2D eigenvalue weighted by atomic mass is 32.2. The van der Waals surface area contributed by atoms with Gasteiger partial charge in [-0.2, -0.15) is 11.8 Å². The van der Waals surface area contributed by atoms with E-state index in [2.05, 4.69) is 22.4 Å². The van der Waals surface area contributed by atoms with E-state index in [1.54, 1.807) is 11.8 Å². The van der Waals surface area contributed by atoms with E-state index in [1.807, 2.05) is 43.5 Å². The van der Waals surface area contributed by atoms with Crippen LogP contribution in [-0.4, -0.2) is 45.9 Å². The summed E-state index contributed by atoms with van der Waals surface area (Å²) >= 11 is 1.60. The van der Waals surface area contributed by atoms with Gasteiger partial charge in [0.2, 0.25) is 5.91 Å². The molecule has 1 saturated heterocycles. The van der Waals surface area contributed by atoms with E-state index < -0.39 is 0 Å². The summed E-state index contributed by atoms with van der Waals surface area (Å²) < 4.78 is 0. The lowest BCUT2D eigenvalue weighted by Crippen LogP contribution is -2.42. The lowest BCUT2D eigenvalue weighted by molar-refractivity contribution is -0.134. The smallest absolute Gasteiger partial charge is 0.236 e. The Bertz CT molecular complexity index is 730. The van der Waals surface area contributed by atoms with Crippen molar-refractivity contribution in [2.24, 2.45) is 0 Å². The van der Waals surface area contributed by atoms with Crippen LogP contribution in [0.2, 0.25) is 0 Å². The molecule has 1 aromatic heterocycles. The zero-order chi connectivity index (χ0) is 17.8. The standard InChI is InChI=1S/C19H26N4OS/c1-13(25-3)19(24)23-10-5-4-9-17(23)18-21-12-16(22-18)14-7-6-8-15(11-14)20-2/h6-8,11-13,17,20H,4-5,9-10H2,1-3H3,(H,21,22). The van der Waals surface area contributed by atoms with Gasteiger partial charge in [-0.1, -0.05) is 12.1 Å². The minimum atomic E-state index is -0.0117. The second kappa shape index (κ2) is 7.95. The number of likely N-dealkylation sites (tertiary alicyclic amines) is 1. The fourth-order valence-corrected chi connectivity index (χ4v) is 3.64. The van der Waals surface area contributed by atoms with Crippen molar-refractivity contribution in [2.45, 2.75) is 37.5 Å². The third-order valence-electron chi connectivity index (χ3n) is 4.85. The van der Waals surface area contributed by atoms with Crippen molar-refractivity contribution in [1.29, 1.82) is 0 Å². The number of thioether (sulfide) groups is 1. The van der Waals surface area contributed by atoms with E-state index in [0.717, 1.165) is 48.6 Å². The second-order valence-corrected chi connectivity index (χ2v) is 7.60. The average molecular weight is 359 g/mol. The Morgan fingerprint density at radius 3 is 3.04 bits per heavy atom. The van der Waals surface area contributed by atoms with Crippen molar-refractivity contribution in [3.05, 3.63) is 36.3 Å². The summed E-state index contributed by atoms with van der Waals surface area (Å²) in [7, 11) is 1.91. The number of piperidine rings is 1. The Hall–Kier alpha value is -1.95. The Morgan fingerprint density at radius 2 is 2.28 bits per heavy atom. The molecule has 1 aliphatic rings. The van der Waals surface area contributed by atoms with Crippen molar-refractivity contribution in [1.82, 2.24) is 14.9 Å². The van der Waals surface area contributed by atoms with E-state index in [0.29, 0.717) is 0 Å². The van der Waals surface area contributed by atoms with Crippen molar-refractivity contribution in [3.63, 3.8) is 0 Å². The minimum absolute atomic E-state index is 0.0117. The molecule has 1 fully saturated rings. The molecule has 2 heterocycles. The van der Waals surface area contributed by atoms with Crippen LogP contribution in [0.25, 0.3) is 11.3 Å². The van der Waals surface area contributed by atoms with Gasteiger partial charge in [-0.25, -0.2) is 4.98 Å². The molecule has 1 aliphatic heterocycles. The average Bonchev–Trinajstić information content (AvgIpc) is 3.17.